The minimum Gasteiger partial charge on any atom is -0.456 e. The minimum absolute atomic E-state index is 0.854. The zero-order valence-corrected chi connectivity index (χ0v) is 28.7. The van der Waals surface area contributed by atoms with E-state index in [0.29, 0.717) is 0 Å². The molecule has 0 saturated carbocycles. The van der Waals surface area contributed by atoms with Crippen LogP contribution in [0.4, 0.5) is 17.1 Å². The lowest BCUT2D eigenvalue weighted by molar-refractivity contribution is 0.669. The molecule has 0 N–H and O–H groups in total. The molecule has 0 atom stereocenters. The normalized spacial score (nSPS) is 11.8. The van der Waals surface area contributed by atoms with Crippen molar-refractivity contribution < 1.29 is 8.83 Å². The fraction of sp³-hybridized carbons (Fsp3) is 0. The fourth-order valence-electron chi connectivity index (χ4n) is 8.15. The van der Waals surface area contributed by atoms with Gasteiger partial charge in [0.25, 0.3) is 0 Å². The summed E-state index contributed by atoms with van der Waals surface area (Å²) in [7, 11) is 0. The number of rotatable bonds is 5. The maximum Gasteiger partial charge on any atom is 0.143 e. The lowest BCUT2D eigenvalue weighted by Gasteiger charge is -2.26. The summed E-state index contributed by atoms with van der Waals surface area (Å²) in [6.45, 7) is 0. The molecule has 11 rings (SSSR count). The van der Waals surface area contributed by atoms with Crippen LogP contribution in [0.15, 0.2) is 197 Å². The summed E-state index contributed by atoms with van der Waals surface area (Å²) < 4.78 is 13.0. The highest BCUT2D eigenvalue weighted by molar-refractivity contribution is 6.13. The molecule has 2 aromatic heterocycles. The molecule has 0 aliphatic carbocycles. The predicted molar refractivity (Wildman–Crippen MR) is 222 cm³/mol. The van der Waals surface area contributed by atoms with Crippen LogP contribution in [-0.4, -0.2) is 0 Å². The van der Waals surface area contributed by atoms with Crippen molar-refractivity contribution >= 4 is 82.5 Å². The number of furan rings is 2. The molecule has 3 nitrogen and oxygen atoms in total. The molecule has 9 aromatic carbocycles. The average Bonchev–Trinajstić information content (AvgIpc) is 3.80. The summed E-state index contributed by atoms with van der Waals surface area (Å²) in [4.78, 5) is 2.34. The Labute approximate surface area is 305 Å². The number of benzene rings is 9. The number of anilines is 3. The second kappa shape index (κ2) is 11.7. The van der Waals surface area contributed by atoms with Gasteiger partial charge in [-0.05, 0) is 86.8 Å². The highest BCUT2D eigenvalue weighted by Gasteiger charge is 2.19. The van der Waals surface area contributed by atoms with Crippen molar-refractivity contribution in [2.45, 2.75) is 0 Å². The van der Waals surface area contributed by atoms with E-state index in [1.54, 1.807) is 0 Å². The minimum atomic E-state index is 0.854. The maximum atomic E-state index is 6.74. The van der Waals surface area contributed by atoms with Gasteiger partial charge in [0.2, 0.25) is 0 Å². The standard InChI is InChI=1S/C50H31NO2/c1-2-10-32(11-3-1)41-16-8-17-43-42-29-28-38(31-48(42)53-50(41)43)51(37-27-24-35-21-20-33-12-4-5-13-39(33)45(35)30-37)36-25-22-34(23-26-36)40-15-9-19-47-49(40)44-14-6-7-18-46(44)52-47/h1-31H. The Balaban J connectivity index is 1.09. The van der Waals surface area contributed by atoms with Crippen LogP contribution in [0.3, 0.4) is 0 Å². The molecule has 53 heavy (non-hydrogen) atoms. The number of para-hydroxylation sites is 2. The van der Waals surface area contributed by atoms with Gasteiger partial charge in [-0.25, -0.2) is 0 Å². The van der Waals surface area contributed by atoms with Gasteiger partial charge in [-0.1, -0.05) is 133 Å². The van der Waals surface area contributed by atoms with Gasteiger partial charge in [-0.2, -0.15) is 0 Å². The quantitative estimate of drug-likeness (QED) is 0.170. The Morgan fingerprint density at radius 2 is 0.943 bits per heavy atom. The largest absolute Gasteiger partial charge is 0.456 e. The molecule has 0 radical (unpaired) electrons. The molecule has 0 unspecified atom stereocenters. The third kappa shape index (κ3) is 4.75. The third-order valence-electron chi connectivity index (χ3n) is 10.7. The Bertz CT molecular complexity index is 3170. The average molecular weight is 678 g/mol. The first kappa shape index (κ1) is 29.6. The maximum absolute atomic E-state index is 6.74. The van der Waals surface area contributed by atoms with Crippen LogP contribution in [0.5, 0.6) is 0 Å². The monoisotopic (exact) mass is 677 g/mol. The van der Waals surface area contributed by atoms with E-state index >= 15 is 0 Å². The summed E-state index contributed by atoms with van der Waals surface area (Å²) in [5.41, 5.74) is 11.2. The van der Waals surface area contributed by atoms with Gasteiger partial charge in [0.1, 0.15) is 22.3 Å². The van der Waals surface area contributed by atoms with E-state index in [-0.39, 0.29) is 0 Å². The molecule has 0 aliphatic heterocycles. The third-order valence-corrected chi connectivity index (χ3v) is 10.7. The molecular formula is C50H31NO2. The highest BCUT2D eigenvalue weighted by Crippen LogP contribution is 2.43. The predicted octanol–water partition coefficient (Wildman–Crippen LogP) is 14.6. The fourth-order valence-corrected chi connectivity index (χ4v) is 8.15. The SMILES string of the molecule is c1ccc(-c2cccc3c2oc2cc(N(c4ccc(-c5cccc6oc7ccccc7c56)cc4)c4ccc5ccc6ccccc6c5c4)ccc23)cc1. The van der Waals surface area contributed by atoms with Gasteiger partial charge in [0.15, 0.2) is 0 Å². The van der Waals surface area contributed by atoms with Crippen molar-refractivity contribution in [1.82, 2.24) is 0 Å². The summed E-state index contributed by atoms with van der Waals surface area (Å²) in [6, 6.07) is 66.8. The van der Waals surface area contributed by atoms with Crippen LogP contribution in [0.2, 0.25) is 0 Å². The van der Waals surface area contributed by atoms with Gasteiger partial charge in [-0.15, -0.1) is 0 Å². The van der Waals surface area contributed by atoms with Crippen molar-refractivity contribution in [2.75, 3.05) is 4.90 Å². The van der Waals surface area contributed by atoms with Crippen LogP contribution in [0.25, 0.3) is 87.7 Å². The van der Waals surface area contributed by atoms with E-state index in [2.05, 4.69) is 175 Å². The number of hydrogen-bond acceptors (Lipinski definition) is 3. The van der Waals surface area contributed by atoms with Crippen LogP contribution in [0, 0.1) is 0 Å². The molecule has 0 bridgehead atoms. The molecule has 248 valence electrons. The first-order chi connectivity index (χ1) is 26.3. The molecule has 0 spiro atoms. The van der Waals surface area contributed by atoms with Gasteiger partial charge < -0.3 is 13.7 Å². The number of fused-ring (bicyclic) bond motifs is 9. The van der Waals surface area contributed by atoms with Crippen molar-refractivity contribution in [2.24, 2.45) is 0 Å². The summed E-state index contributed by atoms with van der Waals surface area (Å²) in [5, 5.41) is 9.38. The molecule has 0 amide bonds. The van der Waals surface area contributed by atoms with Gasteiger partial charge in [0.05, 0.1) is 0 Å². The first-order valence-electron chi connectivity index (χ1n) is 18.0. The summed E-state index contributed by atoms with van der Waals surface area (Å²) in [6.07, 6.45) is 0. The molecule has 0 saturated heterocycles. The highest BCUT2D eigenvalue weighted by atomic mass is 16.3. The number of hydrogen-bond donors (Lipinski definition) is 0. The van der Waals surface area contributed by atoms with Gasteiger partial charge >= 0.3 is 0 Å². The van der Waals surface area contributed by atoms with Crippen LogP contribution in [-0.2, 0) is 0 Å². The zero-order valence-electron chi connectivity index (χ0n) is 28.7. The van der Waals surface area contributed by atoms with Crippen LogP contribution < -0.4 is 4.90 Å². The van der Waals surface area contributed by atoms with Crippen molar-refractivity contribution in [3.63, 3.8) is 0 Å². The van der Waals surface area contributed by atoms with Crippen molar-refractivity contribution in [3.05, 3.63) is 188 Å². The van der Waals surface area contributed by atoms with E-state index in [0.717, 1.165) is 83.2 Å². The van der Waals surface area contributed by atoms with Crippen molar-refractivity contribution in [3.8, 4) is 22.3 Å². The summed E-state index contributed by atoms with van der Waals surface area (Å²) in [5.74, 6) is 0. The first-order valence-corrected chi connectivity index (χ1v) is 18.0. The van der Waals surface area contributed by atoms with Crippen LogP contribution >= 0.6 is 0 Å². The van der Waals surface area contributed by atoms with E-state index in [1.165, 1.54) is 21.5 Å². The molecule has 11 aromatic rings. The summed E-state index contributed by atoms with van der Waals surface area (Å²) >= 11 is 0. The molecule has 0 fully saturated rings. The topological polar surface area (TPSA) is 29.5 Å². The smallest absolute Gasteiger partial charge is 0.143 e. The lowest BCUT2D eigenvalue weighted by atomic mass is 9.98. The molecule has 2 heterocycles. The Morgan fingerprint density at radius 3 is 1.83 bits per heavy atom. The lowest BCUT2D eigenvalue weighted by Crippen LogP contribution is -2.09. The second-order valence-corrected chi connectivity index (χ2v) is 13.7. The Morgan fingerprint density at radius 1 is 0.321 bits per heavy atom. The van der Waals surface area contributed by atoms with E-state index < -0.39 is 0 Å². The molecular weight excluding hydrogens is 647 g/mol. The Kier molecular flexibility index (Phi) is 6.55. The van der Waals surface area contributed by atoms with E-state index in [1.807, 2.05) is 18.2 Å². The zero-order chi connectivity index (χ0) is 34.9. The molecule has 0 aliphatic rings. The second-order valence-electron chi connectivity index (χ2n) is 13.7. The molecule has 3 heteroatoms. The van der Waals surface area contributed by atoms with E-state index in [4.69, 9.17) is 8.83 Å². The van der Waals surface area contributed by atoms with Crippen LogP contribution in [0.1, 0.15) is 0 Å². The van der Waals surface area contributed by atoms with Gasteiger partial charge in [0, 0.05) is 50.2 Å². The van der Waals surface area contributed by atoms with Gasteiger partial charge in [-0.3, -0.25) is 0 Å². The number of nitrogens with zero attached hydrogens (tertiary/aromatic N) is 1. The van der Waals surface area contributed by atoms with Crippen molar-refractivity contribution in [1.29, 1.82) is 0 Å². The Hall–Kier alpha value is -7.10. The van der Waals surface area contributed by atoms with E-state index in [9.17, 15) is 0 Å².